The van der Waals surface area contributed by atoms with Crippen LogP contribution in [-0.4, -0.2) is 55.5 Å². The molecule has 0 radical (unpaired) electrons. The molecule has 0 unspecified atom stereocenters. The number of aliphatic hydroxyl groups is 1. The lowest BCUT2D eigenvalue weighted by Gasteiger charge is -2.26. The number of carbonyl (C=O) groups is 1. The van der Waals surface area contributed by atoms with Crippen LogP contribution in [0.25, 0.3) is 5.70 Å². The highest BCUT2D eigenvalue weighted by Gasteiger charge is 2.14. The molecule has 0 saturated carbocycles. The maximum Gasteiger partial charge on any atom is 0.251 e. The van der Waals surface area contributed by atoms with Crippen LogP contribution in [0.5, 0.6) is 5.75 Å². The highest BCUT2D eigenvalue weighted by atomic mass is 16.5. The Kier molecular flexibility index (Phi) is 11.6. The van der Waals surface area contributed by atoms with Gasteiger partial charge in [-0.25, -0.2) is 0 Å². The standard InChI is InChI=1S/C28H34N6O4/c1-22-20-24(6-9-26(22)28(36)32-14-19-37-18-10-29)33-34-15-13-30-11-12-31-21-27(34)23-4-7-25(8-5-23)38-17-3-2-16-35/h4-9,11-13,15,20-21,30-31,33,35H,10,14,16-19,29H2,1H3,(H,32,36). The fraction of sp³-hybridized carbons (Fsp3) is 0.250. The molecule has 0 spiro atoms. The number of aliphatic hydroxyl groups excluding tert-OH is 1. The van der Waals surface area contributed by atoms with Crippen molar-refractivity contribution in [2.24, 2.45) is 5.73 Å². The molecule has 0 atom stereocenters. The van der Waals surface area contributed by atoms with Crippen molar-refractivity contribution in [3.05, 3.63) is 90.2 Å². The Morgan fingerprint density at radius 3 is 2.66 bits per heavy atom. The number of aryl methyl sites for hydroxylation is 1. The first-order chi connectivity index (χ1) is 18.6. The zero-order valence-corrected chi connectivity index (χ0v) is 21.4. The average molecular weight is 519 g/mol. The summed E-state index contributed by atoms with van der Waals surface area (Å²) < 4.78 is 10.9. The van der Waals surface area contributed by atoms with Gasteiger partial charge in [0.2, 0.25) is 0 Å². The van der Waals surface area contributed by atoms with Crippen LogP contribution in [0.3, 0.4) is 0 Å². The van der Waals surface area contributed by atoms with E-state index in [4.69, 9.17) is 20.3 Å². The van der Waals surface area contributed by atoms with Crippen LogP contribution in [-0.2, 0) is 4.74 Å². The van der Waals surface area contributed by atoms with Gasteiger partial charge in [-0.15, -0.1) is 0 Å². The molecule has 1 heterocycles. The predicted molar refractivity (Wildman–Crippen MR) is 148 cm³/mol. The van der Waals surface area contributed by atoms with Crippen molar-refractivity contribution in [3.63, 3.8) is 0 Å². The second-order valence-corrected chi connectivity index (χ2v) is 8.01. The Hall–Kier alpha value is -4.43. The van der Waals surface area contributed by atoms with Crippen molar-refractivity contribution in [1.29, 1.82) is 0 Å². The molecule has 0 aliphatic carbocycles. The van der Waals surface area contributed by atoms with E-state index in [1.54, 1.807) is 24.7 Å². The molecule has 2 aromatic carbocycles. The number of ether oxygens (including phenoxy) is 2. The van der Waals surface area contributed by atoms with E-state index < -0.39 is 0 Å². The zero-order chi connectivity index (χ0) is 27.0. The number of nitrogens with two attached hydrogens (primary N) is 1. The van der Waals surface area contributed by atoms with Gasteiger partial charge in [0, 0.05) is 55.2 Å². The maximum absolute atomic E-state index is 12.6. The van der Waals surface area contributed by atoms with Gasteiger partial charge in [-0.05, 0) is 55.0 Å². The number of benzene rings is 2. The molecule has 0 saturated heterocycles. The molecule has 0 bridgehead atoms. The van der Waals surface area contributed by atoms with Gasteiger partial charge in [-0.3, -0.25) is 15.2 Å². The van der Waals surface area contributed by atoms with Gasteiger partial charge in [0.25, 0.3) is 5.91 Å². The Balaban J connectivity index is 1.73. The Morgan fingerprint density at radius 1 is 1.08 bits per heavy atom. The number of nitrogens with one attached hydrogen (secondary N) is 4. The van der Waals surface area contributed by atoms with E-state index in [1.807, 2.05) is 60.7 Å². The molecule has 10 nitrogen and oxygen atoms in total. The largest absolute Gasteiger partial charge is 0.481 e. The summed E-state index contributed by atoms with van der Waals surface area (Å²) in [5.41, 5.74) is 12.8. The van der Waals surface area contributed by atoms with Crippen LogP contribution in [0.1, 0.15) is 21.5 Å². The third-order valence-corrected chi connectivity index (χ3v) is 5.26. The Morgan fingerprint density at radius 2 is 1.89 bits per heavy atom. The van der Waals surface area contributed by atoms with Crippen LogP contribution < -0.4 is 31.8 Å². The molecule has 2 aromatic rings. The summed E-state index contributed by atoms with van der Waals surface area (Å²) >= 11 is 0. The third kappa shape index (κ3) is 8.90. The van der Waals surface area contributed by atoms with Crippen LogP contribution in [0.4, 0.5) is 5.69 Å². The molecule has 38 heavy (non-hydrogen) atoms. The first kappa shape index (κ1) is 28.1. The molecule has 7 N–H and O–H groups in total. The number of hydrogen-bond donors (Lipinski definition) is 6. The topological polar surface area (TPSA) is 133 Å². The van der Waals surface area contributed by atoms with Crippen molar-refractivity contribution in [1.82, 2.24) is 21.0 Å². The molecule has 200 valence electrons. The number of nitrogens with zero attached hydrogens (tertiary/aromatic N) is 1. The number of rotatable bonds is 11. The summed E-state index contributed by atoms with van der Waals surface area (Å²) in [5, 5.41) is 19.7. The second-order valence-electron chi connectivity index (χ2n) is 8.01. The van der Waals surface area contributed by atoms with E-state index in [-0.39, 0.29) is 19.1 Å². The monoisotopic (exact) mass is 518 g/mol. The second kappa shape index (κ2) is 15.6. The molecule has 0 aromatic heterocycles. The molecule has 10 heteroatoms. The van der Waals surface area contributed by atoms with Crippen LogP contribution >= 0.6 is 0 Å². The maximum atomic E-state index is 12.6. The van der Waals surface area contributed by atoms with E-state index in [1.165, 1.54) is 0 Å². The summed E-state index contributed by atoms with van der Waals surface area (Å²) in [4.78, 5) is 12.6. The van der Waals surface area contributed by atoms with Crippen molar-refractivity contribution in [3.8, 4) is 17.6 Å². The molecule has 0 fully saturated rings. The minimum absolute atomic E-state index is 0.155. The van der Waals surface area contributed by atoms with Crippen molar-refractivity contribution in [2.75, 3.05) is 44.9 Å². The molecule has 1 amide bonds. The van der Waals surface area contributed by atoms with Gasteiger partial charge >= 0.3 is 0 Å². The zero-order valence-electron chi connectivity index (χ0n) is 21.4. The smallest absolute Gasteiger partial charge is 0.251 e. The molecule has 1 aliphatic heterocycles. The summed E-state index contributed by atoms with van der Waals surface area (Å²) in [7, 11) is 0. The Bertz CT molecular complexity index is 1200. The van der Waals surface area contributed by atoms with Gasteiger partial charge < -0.3 is 36.3 Å². The minimum atomic E-state index is -0.191. The number of anilines is 1. The first-order valence-corrected chi connectivity index (χ1v) is 12.2. The van der Waals surface area contributed by atoms with Gasteiger partial charge in [-0.2, -0.15) is 0 Å². The number of hydrazine groups is 1. The van der Waals surface area contributed by atoms with Crippen LogP contribution in [0, 0.1) is 18.8 Å². The summed E-state index contributed by atoms with van der Waals surface area (Å²) in [6.45, 7) is 3.66. The van der Waals surface area contributed by atoms with Gasteiger partial charge in [0.05, 0.1) is 24.6 Å². The first-order valence-electron chi connectivity index (χ1n) is 12.2. The number of hydrogen-bond acceptors (Lipinski definition) is 9. The lowest BCUT2D eigenvalue weighted by Crippen LogP contribution is -2.28. The minimum Gasteiger partial charge on any atom is -0.481 e. The van der Waals surface area contributed by atoms with Crippen molar-refractivity contribution < 1.29 is 19.4 Å². The molecular weight excluding hydrogens is 484 g/mol. The van der Waals surface area contributed by atoms with Crippen molar-refractivity contribution in [2.45, 2.75) is 6.92 Å². The molecule has 3 rings (SSSR count). The fourth-order valence-electron chi connectivity index (χ4n) is 3.46. The van der Waals surface area contributed by atoms with Crippen molar-refractivity contribution >= 4 is 17.3 Å². The summed E-state index contributed by atoms with van der Waals surface area (Å²) in [6, 6.07) is 13.2. The van der Waals surface area contributed by atoms with Crippen LogP contribution in [0.15, 0.2) is 73.5 Å². The number of amides is 1. The van der Waals surface area contributed by atoms with Gasteiger partial charge in [0.15, 0.2) is 0 Å². The average Bonchev–Trinajstić information content (AvgIpc) is 3.04. The third-order valence-electron chi connectivity index (χ3n) is 5.26. The lowest BCUT2D eigenvalue weighted by atomic mass is 10.1. The molecule has 1 aliphatic rings. The quantitative estimate of drug-likeness (QED) is 0.195. The lowest BCUT2D eigenvalue weighted by molar-refractivity contribution is 0.0919. The highest BCUT2D eigenvalue weighted by Crippen LogP contribution is 2.24. The Labute approximate surface area is 223 Å². The summed E-state index contributed by atoms with van der Waals surface area (Å²) in [6.07, 6.45) is 9.07. The van der Waals surface area contributed by atoms with E-state index in [0.29, 0.717) is 37.6 Å². The van der Waals surface area contributed by atoms with E-state index >= 15 is 0 Å². The normalized spacial score (nSPS) is 12.5. The van der Waals surface area contributed by atoms with E-state index in [9.17, 15) is 4.79 Å². The van der Waals surface area contributed by atoms with Crippen LogP contribution in [0.2, 0.25) is 0 Å². The SMILES string of the molecule is Cc1cc(NN2C=CNC=CNC=C2c2ccc(OCC#CCO)cc2)ccc1C(=O)NCCOCCN. The summed E-state index contributed by atoms with van der Waals surface area (Å²) in [5.74, 6) is 5.80. The predicted octanol–water partition coefficient (Wildman–Crippen LogP) is 1.84. The van der Waals surface area contributed by atoms with E-state index in [2.05, 4.69) is 33.2 Å². The number of carbonyl (C=O) groups excluding carboxylic acids is 1. The van der Waals surface area contributed by atoms with Gasteiger partial charge in [-0.1, -0.05) is 11.8 Å². The van der Waals surface area contributed by atoms with E-state index in [0.717, 1.165) is 22.5 Å². The highest BCUT2D eigenvalue weighted by molar-refractivity contribution is 5.96. The fourth-order valence-corrected chi connectivity index (χ4v) is 3.46. The van der Waals surface area contributed by atoms with Gasteiger partial charge in [0.1, 0.15) is 19.0 Å². The molecular formula is C28H34N6O4.